The first-order valence-corrected chi connectivity index (χ1v) is 7.49. The minimum Gasteiger partial charge on any atom is -0.385 e. The van der Waals surface area contributed by atoms with Crippen LogP contribution in [0.4, 0.5) is 5.69 Å². The van der Waals surface area contributed by atoms with Crippen LogP contribution in [-0.4, -0.2) is 31.7 Å². The molecular formula is C16H22N2O2. The van der Waals surface area contributed by atoms with E-state index in [9.17, 15) is 4.79 Å². The zero-order valence-electron chi connectivity index (χ0n) is 11.9. The normalized spacial score (nSPS) is 22.8. The largest absolute Gasteiger partial charge is 0.385 e. The van der Waals surface area contributed by atoms with Crippen molar-refractivity contribution in [1.29, 1.82) is 0 Å². The minimum absolute atomic E-state index is 0.0257. The van der Waals surface area contributed by atoms with Crippen molar-refractivity contribution in [2.24, 2.45) is 5.92 Å². The number of amides is 1. The number of carbonyl (C=O) groups is 1. The lowest BCUT2D eigenvalue weighted by atomic mass is 9.98. The Morgan fingerprint density at radius 3 is 3.20 bits per heavy atom. The van der Waals surface area contributed by atoms with Gasteiger partial charge in [-0.25, -0.2) is 0 Å². The molecule has 2 N–H and O–H groups in total. The Labute approximate surface area is 119 Å². The number of fused-ring (bicyclic) bond motifs is 1. The van der Waals surface area contributed by atoms with Gasteiger partial charge in [0.05, 0.1) is 6.61 Å². The van der Waals surface area contributed by atoms with E-state index in [4.69, 9.17) is 4.74 Å². The molecule has 4 heteroatoms. The number of benzene rings is 1. The van der Waals surface area contributed by atoms with Crippen LogP contribution in [0.15, 0.2) is 18.2 Å². The summed E-state index contributed by atoms with van der Waals surface area (Å²) in [6.45, 7) is 4.67. The summed E-state index contributed by atoms with van der Waals surface area (Å²) >= 11 is 0. The van der Waals surface area contributed by atoms with Crippen molar-refractivity contribution >= 4 is 11.6 Å². The average Bonchev–Trinajstić information content (AvgIpc) is 3.01. The molecule has 1 aromatic rings. The lowest BCUT2D eigenvalue weighted by molar-refractivity contribution is 0.0922. The number of nitrogens with one attached hydrogen (secondary N) is 2. The van der Waals surface area contributed by atoms with Crippen LogP contribution in [-0.2, 0) is 11.2 Å². The van der Waals surface area contributed by atoms with Gasteiger partial charge >= 0.3 is 0 Å². The minimum atomic E-state index is 0.0257. The number of hydrogen-bond donors (Lipinski definition) is 2. The van der Waals surface area contributed by atoms with E-state index in [0.717, 1.165) is 44.6 Å². The van der Waals surface area contributed by atoms with Gasteiger partial charge in [-0.1, -0.05) is 0 Å². The van der Waals surface area contributed by atoms with Gasteiger partial charge in [-0.2, -0.15) is 0 Å². The van der Waals surface area contributed by atoms with Crippen LogP contribution in [0.2, 0.25) is 0 Å². The van der Waals surface area contributed by atoms with Crippen LogP contribution in [0, 0.1) is 5.92 Å². The van der Waals surface area contributed by atoms with Crippen LogP contribution in [0.25, 0.3) is 0 Å². The van der Waals surface area contributed by atoms with Gasteiger partial charge < -0.3 is 15.4 Å². The molecular weight excluding hydrogens is 252 g/mol. The van der Waals surface area contributed by atoms with Crippen molar-refractivity contribution in [3.8, 4) is 0 Å². The first kappa shape index (κ1) is 13.4. The topological polar surface area (TPSA) is 50.4 Å². The molecule has 1 fully saturated rings. The first-order chi connectivity index (χ1) is 9.74. The molecule has 0 saturated carbocycles. The monoisotopic (exact) mass is 274 g/mol. The van der Waals surface area contributed by atoms with Gasteiger partial charge in [-0.15, -0.1) is 0 Å². The Bertz CT molecular complexity index is 495. The van der Waals surface area contributed by atoms with E-state index in [1.807, 2.05) is 18.2 Å². The second kappa shape index (κ2) is 5.83. The molecule has 4 nitrogen and oxygen atoms in total. The molecule has 2 heterocycles. The van der Waals surface area contributed by atoms with E-state index >= 15 is 0 Å². The number of aryl methyl sites for hydroxylation is 1. The van der Waals surface area contributed by atoms with Gasteiger partial charge in [0.1, 0.15) is 0 Å². The molecule has 3 rings (SSSR count). The maximum absolute atomic E-state index is 12.3. The van der Waals surface area contributed by atoms with Gasteiger partial charge in [0.25, 0.3) is 5.91 Å². The summed E-state index contributed by atoms with van der Waals surface area (Å²) in [6, 6.07) is 6.12. The van der Waals surface area contributed by atoms with E-state index < -0.39 is 0 Å². The Balaban J connectivity index is 1.67. The Morgan fingerprint density at radius 1 is 1.50 bits per heavy atom. The summed E-state index contributed by atoms with van der Waals surface area (Å²) in [4.78, 5) is 12.3. The highest BCUT2D eigenvalue weighted by Gasteiger charge is 2.24. The summed E-state index contributed by atoms with van der Waals surface area (Å²) in [5.41, 5.74) is 3.18. The van der Waals surface area contributed by atoms with Crippen LogP contribution in [0.3, 0.4) is 0 Å². The molecule has 0 bridgehead atoms. The molecule has 0 aromatic heterocycles. The smallest absolute Gasteiger partial charge is 0.251 e. The number of rotatable bonds is 3. The summed E-state index contributed by atoms with van der Waals surface area (Å²) < 4.78 is 5.38. The highest BCUT2D eigenvalue weighted by Crippen LogP contribution is 2.23. The van der Waals surface area contributed by atoms with Gasteiger partial charge in [0.2, 0.25) is 0 Å². The summed E-state index contributed by atoms with van der Waals surface area (Å²) in [7, 11) is 0. The zero-order valence-corrected chi connectivity index (χ0v) is 11.9. The molecule has 20 heavy (non-hydrogen) atoms. The quantitative estimate of drug-likeness (QED) is 0.888. The zero-order chi connectivity index (χ0) is 13.9. The highest BCUT2D eigenvalue weighted by atomic mass is 16.5. The van der Waals surface area contributed by atoms with Crippen molar-refractivity contribution in [2.45, 2.75) is 32.2 Å². The van der Waals surface area contributed by atoms with Gasteiger partial charge in [0.15, 0.2) is 0 Å². The van der Waals surface area contributed by atoms with E-state index in [0.29, 0.717) is 5.92 Å². The second-order valence-corrected chi connectivity index (χ2v) is 5.79. The SMILES string of the molecule is CC(NC(=O)c1ccc2c(c1)CCCN2)C1CCOC1. The van der Waals surface area contributed by atoms with Crippen molar-refractivity contribution < 1.29 is 9.53 Å². The number of anilines is 1. The molecule has 2 aliphatic heterocycles. The van der Waals surface area contributed by atoms with Crippen LogP contribution >= 0.6 is 0 Å². The summed E-state index contributed by atoms with van der Waals surface area (Å²) in [5.74, 6) is 0.469. The molecule has 1 saturated heterocycles. The van der Waals surface area contributed by atoms with E-state index in [2.05, 4.69) is 17.6 Å². The van der Waals surface area contributed by atoms with Crippen LogP contribution < -0.4 is 10.6 Å². The highest BCUT2D eigenvalue weighted by molar-refractivity contribution is 5.95. The van der Waals surface area contributed by atoms with Crippen LogP contribution in [0.5, 0.6) is 0 Å². The Morgan fingerprint density at radius 2 is 2.40 bits per heavy atom. The molecule has 2 atom stereocenters. The lowest BCUT2D eigenvalue weighted by Crippen LogP contribution is -2.38. The van der Waals surface area contributed by atoms with E-state index in [1.54, 1.807) is 0 Å². The molecule has 108 valence electrons. The maximum Gasteiger partial charge on any atom is 0.251 e. The fourth-order valence-electron chi connectivity index (χ4n) is 2.97. The molecule has 2 unspecified atom stereocenters. The molecule has 1 amide bonds. The van der Waals surface area contributed by atoms with Gasteiger partial charge in [0, 0.05) is 36.4 Å². The lowest BCUT2D eigenvalue weighted by Gasteiger charge is -2.21. The number of hydrogen-bond acceptors (Lipinski definition) is 3. The number of ether oxygens (including phenoxy) is 1. The third kappa shape index (κ3) is 2.80. The van der Waals surface area contributed by atoms with Crippen molar-refractivity contribution in [1.82, 2.24) is 5.32 Å². The standard InChI is InChI=1S/C16H22N2O2/c1-11(14-6-8-20-10-14)18-16(19)13-4-5-15-12(9-13)3-2-7-17-15/h4-5,9,11,14,17H,2-3,6-8,10H2,1H3,(H,18,19). The predicted octanol–water partition coefficient (Wildman–Crippen LogP) is 2.20. The molecule has 0 spiro atoms. The summed E-state index contributed by atoms with van der Waals surface area (Å²) in [5, 5.41) is 6.47. The van der Waals surface area contributed by atoms with Crippen LogP contribution in [0.1, 0.15) is 35.7 Å². The third-order valence-electron chi connectivity index (χ3n) is 4.34. The Kier molecular flexibility index (Phi) is 3.92. The molecule has 2 aliphatic rings. The van der Waals surface area contributed by atoms with Gasteiger partial charge in [-0.05, 0) is 49.9 Å². The third-order valence-corrected chi connectivity index (χ3v) is 4.34. The molecule has 0 aliphatic carbocycles. The predicted molar refractivity (Wildman–Crippen MR) is 79.1 cm³/mol. The average molecular weight is 274 g/mol. The van der Waals surface area contributed by atoms with Crippen molar-refractivity contribution in [3.05, 3.63) is 29.3 Å². The van der Waals surface area contributed by atoms with Gasteiger partial charge in [-0.3, -0.25) is 4.79 Å². The van der Waals surface area contributed by atoms with Crippen molar-refractivity contribution in [3.63, 3.8) is 0 Å². The molecule has 1 aromatic carbocycles. The Hall–Kier alpha value is -1.55. The number of carbonyl (C=O) groups excluding carboxylic acids is 1. The molecule has 0 radical (unpaired) electrons. The fourth-order valence-corrected chi connectivity index (χ4v) is 2.97. The first-order valence-electron chi connectivity index (χ1n) is 7.49. The fraction of sp³-hybridized carbons (Fsp3) is 0.562. The van der Waals surface area contributed by atoms with Crippen molar-refractivity contribution in [2.75, 3.05) is 25.1 Å². The maximum atomic E-state index is 12.3. The van der Waals surface area contributed by atoms with E-state index in [-0.39, 0.29) is 11.9 Å². The summed E-state index contributed by atoms with van der Waals surface area (Å²) in [6.07, 6.45) is 3.22. The van der Waals surface area contributed by atoms with E-state index in [1.165, 1.54) is 11.3 Å². The second-order valence-electron chi connectivity index (χ2n) is 5.79.